The number of pyridine rings is 1. The number of hydrogen-bond acceptors (Lipinski definition) is 4. The molecule has 1 fully saturated rings. The number of fused-ring (bicyclic) bond motifs is 3. The molecule has 0 radical (unpaired) electrons. The summed E-state index contributed by atoms with van der Waals surface area (Å²) in [6.45, 7) is 0.157. The third kappa shape index (κ3) is 6.23. The number of nitrogens with zero attached hydrogens (tertiary/aromatic N) is 1. The Morgan fingerprint density at radius 3 is 2.67 bits per heavy atom. The number of halogens is 3. The molecular formula is C32H35F3N2O3. The third-order valence-corrected chi connectivity index (χ3v) is 8.60. The first-order valence-electron chi connectivity index (χ1n) is 13.8. The average molecular weight is 553 g/mol. The fourth-order valence-corrected chi connectivity index (χ4v) is 6.70. The number of aliphatic hydroxyl groups is 1. The molecule has 1 saturated carbocycles. The van der Waals surface area contributed by atoms with E-state index in [-0.39, 0.29) is 23.8 Å². The lowest BCUT2D eigenvalue weighted by Gasteiger charge is -2.50. The molecule has 212 valence electrons. The van der Waals surface area contributed by atoms with Gasteiger partial charge < -0.3 is 15.2 Å². The van der Waals surface area contributed by atoms with Crippen molar-refractivity contribution in [2.24, 2.45) is 5.92 Å². The average Bonchev–Trinajstić information content (AvgIpc) is 3.06. The van der Waals surface area contributed by atoms with Crippen LogP contribution in [0.2, 0.25) is 0 Å². The van der Waals surface area contributed by atoms with Crippen LogP contribution in [0, 0.1) is 12.8 Å². The number of aromatic nitrogens is 1. The van der Waals surface area contributed by atoms with E-state index >= 15 is 0 Å². The minimum absolute atomic E-state index is 0.0555. The fraction of sp³-hybridized carbons (Fsp3) is 0.438. The summed E-state index contributed by atoms with van der Waals surface area (Å²) in [4.78, 5) is 17.4. The van der Waals surface area contributed by atoms with E-state index in [0.29, 0.717) is 30.5 Å². The number of benzene rings is 2. The van der Waals surface area contributed by atoms with Crippen LogP contribution in [0.15, 0.2) is 66.9 Å². The predicted molar refractivity (Wildman–Crippen MR) is 147 cm³/mol. The molecule has 0 spiro atoms. The molecule has 0 aliphatic heterocycles. The molecule has 0 saturated heterocycles. The number of carbonyl (C=O) groups is 1. The Labute approximate surface area is 232 Å². The van der Waals surface area contributed by atoms with Crippen LogP contribution in [0.1, 0.15) is 64.8 Å². The molecule has 3 aromatic rings. The Kier molecular flexibility index (Phi) is 8.02. The van der Waals surface area contributed by atoms with Gasteiger partial charge in [0.1, 0.15) is 6.61 Å². The summed E-state index contributed by atoms with van der Waals surface area (Å²) in [6, 6.07) is 19.7. The van der Waals surface area contributed by atoms with Gasteiger partial charge >= 0.3 is 6.18 Å². The molecule has 1 heterocycles. The monoisotopic (exact) mass is 552 g/mol. The Morgan fingerprint density at radius 2 is 1.93 bits per heavy atom. The zero-order chi connectivity index (χ0) is 28.4. The lowest BCUT2D eigenvalue weighted by molar-refractivity contribution is -0.192. The molecule has 2 N–H and O–H groups in total. The van der Waals surface area contributed by atoms with Crippen LogP contribution < -0.4 is 5.32 Å². The lowest BCUT2D eigenvalue weighted by atomic mass is 9.56. The highest BCUT2D eigenvalue weighted by molar-refractivity contribution is 6.04. The van der Waals surface area contributed by atoms with Gasteiger partial charge in [0.2, 0.25) is 0 Å². The summed E-state index contributed by atoms with van der Waals surface area (Å²) in [5.41, 5.74) is 3.84. The fourth-order valence-electron chi connectivity index (χ4n) is 6.70. The van der Waals surface area contributed by atoms with Gasteiger partial charge in [-0.1, -0.05) is 36.4 Å². The maximum absolute atomic E-state index is 13.2. The molecule has 3 atom stereocenters. The summed E-state index contributed by atoms with van der Waals surface area (Å²) in [6.07, 6.45) is 1.83. The summed E-state index contributed by atoms with van der Waals surface area (Å²) in [7, 11) is 0. The van der Waals surface area contributed by atoms with E-state index in [1.165, 1.54) is 11.1 Å². The van der Waals surface area contributed by atoms with Crippen molar-refractivity contribution in [3.8, 4) is 0 Å². The molecule has 1 amide bonds. The Bertz CT molecular complexity index is 1350. The van der Waals surface area contributed by atoms with Gasteiger partial charge in [0.05, 0.1) is 23.6 Å². The van der Waals surface area contributed by atoms with Crippen molar-refractivity contribution >= 4 is 11.6 Å². The molecule has 2 aliphatic rings. The van der Waals surface area contributed by atoms with Gasteiger partial charge in [0.15, 0.2) is 0 Å². The van der Waals surface area contributed by atoms with E-state index in [2.05, 4.69) is 28.5 Å². The first-order chi connectivity index (χ1) is 19.1. The van der Waals surface area contributed by atoms with E-state index in [0.717, 1.165) is 36.9 Å². The van der Waals surface area contributed by atoms with Gasteiger partial charge in [0.25, 0.3) is 5.91 Å². The van der Waals surface area contributed by atoms with Gasteiger partial charge in [-0.25, -0.2) is 0 Å². The van der Waals surface area contributed by atoms with Crippen molar-refractivity contribution in [1.29, 1.82) is 0 Å². The summed E-state index contributed by atoms with van der Waals surface area (Å²) in [5.74, 6) is -0.142. The van der Waals surface area contributed by atoms with Crippen molar-refractivity contribution in [3.05, 3.63) is 94.8 Å². The molecule has 2 aromatic carbocycles. The van der Waals surface area contributed by atoms with Crippen LogP contribution in [-0.4, -0.2) is 41.0 Å². The van der Waals surface area contributed by atoms with Crippen LogP contribution in [0.4, 0.5) is 18.9 Å². The Morgan fingerprint density at radius 1 is 1.12 bits per heavy atom. The molecule has 5 rings (SSSR count). The lowest BCUT2D eigenvalue weighted by Crippen LogP contribution is -2.51. The highest BCUT2D eigenvalue weighted by atomic mass is 19.4. The second-order valence-corrected chi connectivity index (χ2v) is 11.4. The number of carbonyl (C=O) groups excluding carboxylic acids is 1. The van der Waals surface area contributed by atoms with Gasteiger partial charge in [-0.15, -0.1) is 0 Å². The predicted octanol–water partition coefficient (Wildman–Crippen LogP) is 6.57. The molecule has 40 heavy (non-hydrogen) atoms. The molecule has 5 nitrogen and oxygen atoms in total. The van der Waals surface area contributed by atoms with Crippen LogP contribution in [0.3, 0.4) is 0 Å². The standard InChI is InChI=1S/C32H35F3N2O3/c1-22-28(11-6-16-36-22)37-29(38)25-12-13-27-24(17-25)9-5-10-26-19-30(39,20-40-21-32(33,34)35)14-15-31(26,27)18-23-7-3-2-4-8-23/h2-4,6-8,11-13,16-17,26,39H,5,9-10,14-15,18-21H2,1H3,(H,37,38)/t26-,30+,31-/m0/s1. The highest BCUT2D eigenvalue weighted by Gasteiger charge is 2.51. The number of hydrogen-bond donors (Lipinski definition) is 2. The summed E-state index contributed by atoms with van der Waals surface area (Å²) >= 11 is 0. The summed E-state index contributed by atoms with van der Waals surface area (Å²) in [5, 5.41) is 14.3. The maximum atomic E-state index is 13.2. The molecule has 0 bridgehead atoms. The second kappa shape index (κ2) is 11.3. The first kappa shape index (κ1) is 28.3. The number of ether oxygens (including phenoxy) is 1. The van der Waals surface area contributed by atoms with Gasteiger partial charge in [-0.3, -0.25) is 9.78 Å². The number of alkyl halides is 3. The third-order valence-electron chi connectivity index (χ3n) is 8.60. The summed E-state index contributed by atoms with van der Waals surface area (Å²) < 4.78 is 43.1. The van der Waals surface area contributed by atoms with Gasteiger partial charge in [-0.2, -0.15) is 13.2 Å². The van der Waals surface area contributed by atoms with Crippen molar-refractivity contribution in [3.63, 3.8) is 0 Å². The normalized spacial score (nSPS) is 24.5. The van der Waals surface area contributed by atoms with E-state index in [4.69, 9.17) is 4.74 Å². The molecule has 0 unspecified atom stereocenters. The minimum atomic E-state index is -4.43. The number of aryl methyl sites for hydroxylation is 2. The smallest absolute Gasteiger partial charge is 0.387 e. The first-order valence-corrected chi connectivity index (χ1v) is 13.8. The van der Waals surface area contributed by atoms with Crippen LogP contribution in [0.5, 0.6) is 0 Å². The van der Waals surface area contributed by atoms with E-state index in [1.54, 1.807) is 12.3 Å². The zero-order valence-electron chi connectivity index (χ0n) is 22.6. The number of anilines is 1. The maximum Gasteiger partial charge on any atom is 0.411 e. The Balaban J connectivity index is 1.46. The van der Waals surface area contributed by atoms with Gasteiger partial charge in [-0.05, 0) is 98.7 Å². The van der Waals surface area contributed by atoms with Gasteiger partial charge in [0, 0.05) is 17.2 Å². The van der Waals surface area contributed by atoms with Crippen LogP contribution in [0.25, 0.3) is 0 Å². The van der Waals surface area contributed by atoms with E-state index in [9.17, 15) is 23.1 Å². The zero-order valence-corrected chi connectivity index (χ0v) is 22.6. The molecular weight excluding hydrogens is 517 g/mol. The van der Waals surface area contributed by atoms with E-state index < -0.39 is 18.4 Å². The second-order valence-electron chi connectivity index (χ2n) is 11.4. The van der Waals surface area contributed by atoms with Crippen molar-refractivity contribution in [1.82, 2.24) is 4.98 Å². The molecule has 2 aliphatic carbocycles. The minimum Gasteiger partial charge on any atom is -0.387 e. The quantitative estimate of drug-likeness (QED) is 0.348. The molecule has 8 heteroatoms. The van der Waals surface area contributed by atoms with Crippen LogP contribution in [-0.2, 0) is 23.0 Å². The largest absolute Gasteiger partial charge is 0.411 e. The number of amides is 1. The number of rotatable bonds is 7. The highest BCUT2D eigenvalue weighted by Crippen LogP contribution is 2.53. The SMILES string of the molecule is Cc1ncccc1NC(=O)c1ccc2c(c1)CCC[C@H]1C[C@@](O)(COCC(F)(F)F)CC[C@@]21Cc1ccccc1. The van der Waals surface area contributed by atoms with Crippen molar-refractivity contribution in [2.75, 3.05) is 18.5 Å². The van der Waals surface area contributed by atoms with Crippen LogP contribution >= 0.6 is 0 Å². The van der Waals surface area contributed by atoms with Crippen molar-refractivity contribution < 1.29 is 27.8 Å². The molecule has 1 aromatic heterocycles. The number of nitrogens with one attached hydrogen (secondary N) is 1. The van der Waals surface area contributed by atoms with Crippen molar-refractivity contribution in [2.45, 2.75) is 69.1 Å². The Hall–Kier alpha value is -3.23. The topological polar surface area (TPSA) is 71.5 Å². The van der Waals surface area contributed by atoms with E-state index in [1.807, 2.05) is 43.3 Å².